The molecule has 0 N–H and O–H groups in total. The lowest BCUT2D eigenvalue weighted by Gasteiger charge is -2.40. The number of amides is 2. The van der Waals surface area contributed by atoms with Crippen molar-refractivity contribution >= 4 is 11.8 Å². The highest BCUT2D eigenvalue weighted by molar-refractivity contribution is 5.96. The van der Waals surface area contributed by atoms with Gasteiger partial charge in [0, 0.05) is 13.0 Å². The van der Waals surface area contributed by atoms with Crippen LogP contribution in [0.2, 0.25) is 0 Å². The molecule has 0 radical (unpaired) electrons. The molecule has 2 atom stereocenters. The zero-order chi connectivity index (χ0) is 15.0. The lowest BCUT2D eigenvalue weighted by Crippen LogP contribution is -2.61. The van der Waals surface area contributed by atoms with Crippen LogP contribution in [0.25, 0.3) is 0 Å². The molecular formula is C13H20N4O3. The average Bonchev–Trinajstić information content (AvgIpc) is 2.88. The molecule has 0 aromatic carbocycles. The quantitative estimate of drug-likeness (QED) is 0.817. The third kappa shape index (κ3) is 2.39. The van der Waals surface area contributed by atoms with Crippen LogP contribution in [0.3, 0.4) is 0 Å². The fourth-order valence-corrected chi connectivity index (χ4v) is 2.14. The van der Waals surface area contributed by atoms with Crippen LogP contribution in [0.5, 0.6) is 0 Å². The molecule has 0 unspecified atom stereocenters. The minimum Gasteiger partial charge on any atom is -0.337 e. The molecule has 7 heteroatoms. The highest BCUT2D eigenvalue weighted by Crippen LogP contribution is 2.19. The van der Waals surface area contributed by atoms with Crippen molar-refractivity contribution in [1.82, 2.24) is 19.9 Å². The SMILES string of the molecule is CC(C)c1noc(CN2C(=O)[C@H](C)N(C)C(=O)[C@@H]2C)n1. The lowest BCUT2D eigenvalue weighted by molar-refractivity contribution is -0.159. The van der Waals surface area contributed by atoms with Crippen molar-refractivity contribution in [2.75, 3.05) is 7.05 Å². The van der Waals surface area contributed by atoms with E-state index >= 15 is 0 Å². The summed E-state index contributed by atoms with van der Waals surface area (Å²) < 4.78 is 5.14. The number of hydrogen-bond donors (Lipinski definition) is 0. The number of carbonyl (C=O) groups excluding carboxylic acids is 2. The van der Waals surface area contributed by atoms with Gasteiger partial charge >= 0.3 is 0 Å². The van der Waals surface area contributed by atoms with E-state index in [2.05, 4.69) is 10.1 Å². The summed E-state index contributed by atoms with van der Waals surface area (Å²) in [6, 6.07) is -0.982. The van der Waals surface area contributed by atoms with E-state index in [-0.39, 0.29) is 24.3 Å². The van der Waals surface area contributed by atoms with E-state index in [4.69, 9.17) is 4.52 Å². The Morgan fingerprint density at radius 2 is 1.85 bits per heavy atom. The van der Waals surface area contributed by atoms with Gasteiger partial charge in [-0.15, -0.1) is 0 Å². The fourth-order valence-electron chi connectivity index (χ4n) is 2.14. The van der Waals surface area contributed by atoms with Gasteiger partial charge < -0.3 is 14.3 Å². The number of carbonyl (C=O) groups is 2. The zero-order valence-electron chi connectivity index (χ0n) is 12.5. The molecule has 7 nitrogen and oxygen atoms in total. The second kappa shape index (κ2) is 5.22. The van der Waals surface area contributed by atoms with Gasteiger partial charge in [-0.2, -0.15) is 4.98 Å². The molecule has 1 fully saturated rings. The Labute approximate surface area is 117 Å². The summed E-state index contributed by atoms with van der Waals surface area (Å²) in [7, 11) is 1.64. The first-order valence-corrected chi connectivity index (χ1v) is 6.72. The van der Waals surface area contributed by atoms with Crippen LogP contribution in [0.4, 0.5) is 0 Å². The van der Waals surface area contributed by atoms with Gasteiger partial charge in [-0.3, -0.25) is 9.59 Å². The van der Waals surface area contributed by atoms with Gasteiger partial charge in [-0.1, -0.05) is 19.0 Å². The van der Waals surface area contributed by atoms with Crippen molar-refractivity contribution in [3.63, 3.8) is 0 Å². The van der Waals surface area contributed by atoms with Crippen LogP contribution in [0.15, 0.2) is 4.52 Å². The Hall–Kier alpha value is -1.92. The van der Waals surface area contributed by atoms with Gasteiger partial charge in [0.2, 0.25) is 17.7 Å². The van der Waals surface area contributed by atoms with Gasteiger partial charge in [-0.25, -0.2) is 0 Å². The smallest absolute Gasteiger partial charge is 0.246 e. The Balaban J connectivity index is 2.18. The fraction of sp³-hybridized carbons (Fsp3) is 0.692. The second-order valence-corrected chi connectivity index (χ2v) is 5.47. The highest BCUT2D eigenvalue weighted by atomic mass is 16.5. The van der Waals surface area contributed by atoms with Crippen molar-refractivity contribution in [2.24, 2.45) is 0 Å². The van der Waals surface area contributed by atoms with E-state index in [1.165, 1.54) is 9.80 Å². The molecule has 0 spiro atoms. The third-order valence-electron chi connectivity index (χ3n) is 3.70. The van der Waals surface area contributed by atoms with Gasteiger partial charge in [-0.05, 0) is 13.8 Å². The highest BCUT2D eigenvalue weighted by Gasteiger charge is 2.40. The Kier molecular flexibility index (Phi) is 3.78. The standard InChI is InChI=1S/C13H20N4O3/c1-7(2)11-14-10(20-15-11)6-17-9(4)12(18)16(5)8(3)13(17)19/h7-9H,6H2,1-5H3/t8-,9-/m0/s1. The van der Waals surface area contributed by atoms with Crippen LogP contribution in [0, 0.1) is 0 Å². The van der Waals surface area contributed by atoms with E-state index in [1.54, 1.807) is 20.9 Å². The minimum absolute atomic E-state index is 0.0827. The van der Waals surface area contributed by atoms with E-state index < -0.39 is 12.1 Å². The molecule has 0 bridgehead atoms. The molecule has 0 saturated carbocycles. The van der Waals surface area contributed by atoms with Crippen LogP contribution >= 0.6 is 0 Å². The van der Waals surface area contributed by atoms with Crippen molar-refractivity contribution < 1.29 is 14.1 Å². The Morgan fingerprint density at radius 3 is 2.40 bits per heavy atom. The first kappa shape index (κ1) is 14.5. The van der Waals surface area contributed by atoms with Crippen LogP contribution < -0.4 is 0 Å². The monoisotopic (exact) mass is 280 g/mol. The normalized spacial score (nSPS) is 23.9. The summed E-state index contributed by atoms with van der Waals surface area (Å²) in [4.78, 5) is 31.5. The van der Waals surface area contributed by atoms with E-state index in [0.717, 1.165) is 0 Å². The van der Waals surface area contributed by atoms with E-state index in [9.17, 15) is 9.59 Å². The largest absolute Gasteiger partial charge is 0.337 e. The van der Waals surface area contributed by atoms with Gasteiger partial charge in [0.25, 0.3) is 0 Å². The summed E-state index contributed by atoms with van der Waals surface area (Å²) in [5.41, 5.74) is 0. The molecule has 1 aromatic heterocycles. The number of nitrogens with zero attached hydrogens (tertiary/aromatic N) is 4. The summed E-state index contributed by atoms with van der Waals surface area (Å²) in [6.07, 6.45) is 0. The number of likely N-dealkylation sites (N-methyl/N-ethyl adjacent to an activating group) is 1. The molecule has 1 aliphatic heterocycles. The summed E-state index contributed by atoms with van der Waals surface area (Å²) in [6.45, 7) is 7.52. The predicted molar refractivity (Wildman–Crippen MR) is 70.6 cm³/mol. The molecule has 0 aliphatic carbocycles. The molecule has 2 heterocycles. The number of rotatable bonds is 3. The topological polar surface area (TPSA) is 79.5 Å². The second-order valence-electron chi connectivity index (χ2n) is 5.47. The molecule has 2 amide bonds. The minimum atomic E-state index is -0.516. The summed E-state index contributed by atoms with van der Waals surface area (Å²) in [5, 5.41) is 3.86. The molecule has 110 valence electrons. The van der Waals surface area contributed by atoms with Crippen molar-refractivity contribution in [2.45, 2.75) is 52.2 Å². The van der Waals surface area contributed by atoms with Gasteiger partial charge in [0.05, 0.1) is 0 Å². The van der Waals surface area contributed by atoms with Crippen molar-refractivity contribution in [3.8, 4) is 0 Å². The van der Waals surface area contributed by atoms with Crippen LogP contribution in [-0.2, 0) is 16.1 Å². The number of aromatic nitrogens is 2. The summed E-state index contributed by atoms with van der Waals surface area (Å²) >= 11 is 0. The molecule has 2 rings (SSSR count). The first-order valence-electron chi connectivity index (χ1n) is 6.72. The molecule has 1 aliphatic rings. The first-order chi connectivity index (χ1) is 9.32. The molecular weight excluding hydrogens is 260 g/mol. The van der Waals surface area contributed by atoms with Crippen molar-refractivity contribution in [3.05, 3.63) is 11.7 Å². The molecule has 1 saturated heterocycles. The maximum Gasteiger partial charge on any atom is 0.246 e. The lowest BCUT2D eigenvalue weighted by atomic mass is 10.1. The van der Waals surface area contributed by atoms with Crippen LogP contribution in [-0.4, -0.2) is 50.9 Å². The maximum atomic E-state index is 12.3. The maximum absolute atomic E-state index is 12.3. The average molecular weight is 280 g/mol. The zero-order valence-corrected chi connectivity index (χ0v) is 12.5. The predicted octanol–water partition coefficient (Wildman–Crippen LogP) is 0.771. The molecule has 1 aromatic rings. The van der Waals surface area contributed by atoms with Gasteiger partial charge in [0.15, 0.2) is 5.82 Å². The number of hydrogen-bond acceptors (Lipinski definition) is 5. The Bertz CT molecular complexity index is 525. The summed E-state index contributed by atoms with van der Waals surface area (Å²) in [5.74, 6) is 0.935. The van der Waals surface area contributed by atoms with Gasteiger partial charge in [0.1, 0.15) is 18.6 Å². The Morgan fingerprint density at radius 1 is 1.20 bits per heavy atom. The van der Waals surface area contributed by atoms with E-state index in [1.807, 2.05) is 13.8 Å². The molecule has 20 heavy (non-hydrogen) atoms. The number of piperazine rings is 1. The van der Waals surface area contributed by atoms with Crippen LogP contribution in [0.1, 0.15) is 45.3 Å². The van der Waals surface area contributed by atoms with Crippen molar-refractivity contribution in [1.29, 1.82) is 0 Å². The third-order valence-corrected chi connectivity index (χ3v) is 3.70. The van der Waals surface area contributed by atoms with E-state index in [0.29, 0.717) is 11.7 Å².